The van der Waals surface area contributed by atoms with Crippen molar-refractivity contribution in [3.8, 4) is 17.2 Å². The number of allylic oxidation sites excluding steroid dienone is 1. The van der Waals surface area contributed by atoms with Crippen molar-refractivity contribution in [2.75, 3.05) is 33.5 Å². The van der Waals surface area contributed by atoms with Gasteiger partial charge in [0.25, 0.3) is 5.91 Å². The highest BCUT2D eigenvalue weighted by molar-refractivity contribution is 6.04. The molecule has 6 atom stereocenters. The van der Waals surface area contributed by atoms with E-state index < -0.39 is 17.7 Å². The third-order valence-corrected chi connectivity index (χ3v) is 12.2. The van der Waals surface area contributed by atoms with Crippen molar-refractivity contribution >= 4 is 28.7 Å². The van der Waals surface area contributed by atoms with E-state index in [2.05, 4.69) is 19.6 Å². The minimum absolute atomic E-state index is 0.0651. The molecule has 1 heterocycles. The molecule has 3 aliphatic rings. The monoisotopic (exact) mass is 800 g/mol. The van der Waals surface area contributed by atoms with E-state index >= 15 is 4.79 Å². The summed E-state index contributed by atoms with van der Waals surface area (Å²) in [6.07, 6.45) is 10.5. The van der Waals surface area contributed by atoms with Crippen molar-refractivity contribution in [1.29, 1.82) is 0 Å². The van der Waals surface area contributed by atoms with Crippen LogP contribution >= 0.6 is 0 Å². The molecule has 10 heteroatoms. The van der Waals surface area contributed by atoms with Gasteiger partial charge in [0.2, 0.25) is 5.79 Å². The van der Waals surface area contributed by atoms with Crippen LogP contribution in [0.25, 0.3) is 10.8 Å². The fraction of sp³-hybridized carbons (Fsp3) is 0.408. The topological polar surface area (TPSA) is 127 Å². The Hall–Kier alpha value is -5.29. The lowest BCUT2D eigenvalue weighted by molar-refractivity contribution is -0.254. The molecule has 0 bridgehead atoms. The summed E-state index contributed by atoms with van der Waals surface area (Å²) in [6.45, 7) is 6.93. The summed E-state index contributed by atoms with van der Waals surface area (Å²) < 4.78 is 20.9. The average Bonchev–Trinajstić information content (AvgIpc) is 3.26. The third kappa shape index (κ3) is 8.58. The van der Waals surface area contributed by atoms with Crippen LogP contribution in [-0.2, 0) is 9.57 Å². The molecule has 0 radical (unpaired) electrons. The minimum Gasteiger partial charge on any atom is -0.459 e. The lowest BCUT2D eigenvalue weighted by Gasteiger charge is -2.60. The highest BCUT2D eigenvalue weighted by Gasteiger charge is 2.65. The summed E-state index contributed by atoms with van der Waals surface area (Å²) in [4.78, 5) is 34.2. The number of unbranched alkanes of at least 4 members (excludes halogenated alkanes) is 2. The molecule has 1 aliphatic heterocycles. The Bertz CT molecular complexity index is 2180. The molecule has 4 aromatic carbocycles. The second kappa shape index (κ2) is 19.2. The zero-order valence-corrected chi connectivity index (χ0v) is 34.1. The number of hydrogen-bond acceptors (Lipinski definition) is 9. The summed E-state index contributed by atoms with van der Waals surface area (Å²) in [5, 5.41) is 26.5. The van der Waals surface area contributed by atoms with E-state index in [0.29, 0.717) is 60.6 Å². The molecular weight excluding hydrogens is 745 g/mol. The molecule has 10 nitrogen and oxygen atoms in total. The maximum Gasteiger partial charge on any atom is 0.254 e. The Morgan fingerprint density at radius 1 is 0.949 bits per heavy atom. The number of hydrogen-bond donors (Lipinski definition) is 2. The first-order chi connectivity index (χ1) is 28.9. The molecule has 0 spiro atoms. The van der Waals surface area contributed by atoms with Gasteiger partial charge in [0.05, 0.1) is 18.2 Å². The van der Waals surface area contributed by atoms with E-state index in [9.17, 15) is 15.0 Å². The van der Waals surface area contributed by atoms with Gasteiger partial charge in [-0.2, -0.15) is 0 Å². The molecule has 4 aromatic rings. The minimum atomic E-state index is -1.36. The van der Waals surface area contributed by atoms with E-state index in [0.717, 1.165) is 59.6 Å². The van der Waals surface area contributed by atoms with Crippen LogP contribution in [0.5, 0.6) is 17.2 Å². The summed E-state index contributed by atoms with van der Waals surface area (Å²) in [5.74, 6) is -0.199. The molecule has 59 heavy (non-hydrogen) atoms. The zero-order chi connectivity index (χ0) is 41.4. The van der Waals surface area contributed by atoms with E-state index in [1.807, 2.05) is 71.6 Å². The number of carbonyl (C=O) groups is 2. The molecule has 310 valence electrons. The van der Waals surface area contributed by atoms with Gasteiger partial charge >= 0.3 is 0 Å². The van der Waals surface area contributed by atoms with Crippen LogP contribution in [0.3, 0.4) is 0 Å². The van der Waals surface area contributed by atoms with Crippen LogP contribution < -0.4 is 9.47 Å². The third-order valence-electron chi connectivity index (χ3n) is 12.2. The van der Waals surface area contributed by atoms with Crippen LogP contribution in [-0.4, -0.2) is 78.3 Å². The first-order valence-electron chi connectivity index (χ1n) is 21.0. The summed E-state index contributed by atoms with van der Waals surface area (Å²) >= 11 is 0. The lowest BCUT2D eigenvalue weighted by Crippen LogP contribution is -2.70. The molecule has 1 fully saturated rings. The van der Waals surface area contributed by atoms with Crippen molar-refractivity contribution in [3.63, 3.8) is 0 Å². The largest absolute Gasteiger partial charge is 0.459 e. The molecule has 2 N–H and O–H groups in total. The van der Waals surface area contributed by atoms with Crippen molar-refractivity contribution in [1.82, 2.24) is 4.90 Å². The molecule has 0 saturated heterocycles. The average molecular weight is 801 g/mol. The van der Waals surface area contributed by atoms with Crippen LogP contribution in [0.1, 0.15) is 90.5 Å². The SMILES string of the molecule is C=CCOC12Oc3ccc(Oc4cccc(C=O)c4)cc3C3C(CCCCO)C(CCCCO)C=C(C(=NOC)CC1N(CCC)C(=O)c1ccc4ccccc4c1)C32. The Labute approximate surface area is 347 Å². The van der Waals surface area contributed by atoms with Gasteiger partial charge < -0.3 is 34.2 Å². The number of ether oxygens (including phenoxy) is 3. The van der Waals surface area contributed by atoms with E-state index in [4.69, 9.17) is 24.2 Å². The number of aldehydes is 1. The summed E-state index contributed by atoms with van der Waals surface area (Å²) in [7, 11) is 1.55. The Morgan fingerprint density at radius 3 is 2.47 bits per heavy atom. The van der Waals surface area contributed by atoms with Crippen molar-refractivity contribution < 1.29 is 38.9 Å². The standard InChI is InChI=1S/C49H56N2O8/c1-4-23-51(48(55)37-20-19-34-14-6-7-15-35(34)28-37)45-31-43(50-56-3)41-29-36(16-8-10-24-52)40(18-9-11-25-53)46-42-30-39(58-38-17-12-13-33(27-38)32-54)21-22-44(42)59-49(45,47(41)46)57-26-5-2/h5-7,12-15,17,19-22,27-30,32,36,40,45-47,52-53H,2,4,8-11,16,18,23-26,31H2,1,3H3. The molecule has 6 unspecified atom stereocenters. The highest BCUT2D eigenvalue weighted by Crippen LogP contribution is 2.62. The number of aliphatic hydroxyl groups excluding tert-OH is 2. The number of nitrogens with zero attached hydrogens (tertiary/aromatic N) is 2. The number of carbonyl (C=O) groups excluding carboxylic acids is 2. The Balaban J connectivity index is 1.43. The fourth-order valence-corrected chi connectivity index (χ4v) is 9.74. The number of benzene rings is 4. The number of amides is 1. The van der Waals surface area contributed by atoms with E-state index in [-0.39, 0.29) is 43.5 Å². The normalized spacial score (nSPS) is 23.7. The zero-order valence-electron chi connectivity index (χ0n) is 34.1. The van der Waals surface area contributed by atoms with Gasteiger partial charge in [-0.1, -0.05) is 79.5 Å². The lowest BCUT2D eigenvalue weighted by atomic mass is 9.55. The summed E-state index contributed by atoms with van der Waals surface area (Å²) in [5.41, 5.74) is 3.74. The molecule has 0 aromatic heterocycles. The molecule has 1 saturated carbocycles. The Morgan fingerprint density at radius 2 is 1.73 bits per heavy atom. The first-order valence-corrected chi connectivity index (χ1v) is 21.0. The van der Waals surface area contributed by atoms with Crippen molar-refractivity contribution in [2.45, 2.75) is 76.0 Å². The van der Waals surface area contributed by atoms with Gasteiger partial charge in [0.1, 0.15) is 36.7 Å². The number of aliphatic hydroxyl groups is 2. The highest BCUT2D eigenvalue weighted by atomic mass is 16.7. The molecular formula is C49H56N2O8. The van der Waals surface area contributed by atoms with E-state index in [1.54, 1.807) is 31.4 Å². The molecule has 1 amide bonds. The smallest absolute Gasteiger partial charge is 0.254 e. The second-order valence-corrected chi connectivity index (χ2v) is 15.8. The van der Waals surface area contributed by atoms with E-state index in [1.165, 1.54) is 0 Å². The van der Waals surface area contributed by atoms with Gasteiger partial charge in [-0.3, -0.25) is 9.59 Å². The molecule has 7 rings (SSSR count). The predicted molar refractivity (Wildman–Crippen MR) is 229 cm³/mol. The second-order valence-electron chi connectivity index (χ2n) is 15.8. The van der Waals surface area contributed by atoms with Gasteiger partial charge in [-0.15, -0.1) is 6.58 Å². The van der Waals surface area contributed by atoms with Crippen molar-refractivity contribution in [2.24, 2.45) is 22.9 Å². The number of oxime groups is 1. The molecule has 2 aliphatic carbocycles. The number of rotatable bonds is 19. The van der Waals surface area contributed by atoms with Crippen LogP contribution in [0, 0.1) is 17.8 Å². The van der Waals surface area contributed by atoms with Gasteiger partial charge in [-0.05, 0) is 103 Å². The van der Waals surface area contributed by atoms with Gasteiger partial charge in [0, 0.05) is 48.8 Å². The number of fused-ring (bicyclic) bond motifs is 3. The van der Waals surface area contributed by atoms with Crippen LogP contribution in [0.15, 0.2) is 114 Å². The first kappa shape index (κ1) is 41.9. The summed E-state index contributed by atoms with van der Waals surface area (Å²) in [6, 6.07) is 26.1. The van der Waals surface area contributed by atoms with Gasteiger partial charge in [-0.25, -0.2) is 0 Å². The Kier molecular flexibility index (Phi) is 13.6. The maximum absolute atomic E-state index is 15.1. The quantitative estimate of drug-likeness (QED) is 0.0416. The maximum atomic E-state index is 15.1. The van der Waals surface area contributed by atoms with Gasteiger partial charge in [0.15, 0.2) is 0 Å². The predicted octanol–water partition coefficient (Wildman–Crippen LogP) is 9.26. The van der Waals surface area contributed by atoms with Crippen LogP contribution in [0.4, 0.5) is 0 Å². The van der Waals surface area contributed by atoms with Crippen molar-refractivity contribution in [3.05, 3.63) is 126 Å². The fourth-order valence-electron chi connectivity index (χ4n) is 9.74. The van der Waals surface area contributed by atoms with Crippen LogP contribution in [0.2, 0.25) is 0 Å².